The van der Waals surface area contributed by atoms with Crippen LogP contribution < -0.4 is 10.6 Å². The third kappa shape index (κ3) is 2.99. The second kappa shape index (κ2) is 6.06. The lowest BCUT2D eigenvalue weighted by Crippen LogP contribution is -2.18. The number of thiocarbonyl (C=S) groups is 1. The summed E-state index contributed by atoms with van der Waals surface area (Å²) in [5, 5.41) is 0. The molecule has 0 saturated heterocycles. The molecule has 2 rings (SSSR count). The van der Waals surface area contributed by atoms with E-state index in [0.717, 1.165) is 28.9 Å². The van der Waals surface area contributed by atoms with Crippen LogP contribution in [0.4, 0.5) is 11.4 Å². The normalized spacial score (nSPS) is 10.3. The van der Waals surface area contributed by atoms with E-state index in [-0.39, 0.29) is 0 Å². The molecule has 0 heterocycles. The van der Waals surface area contributed by atoms with Gasteiger partial charge in [-0.15, -0.1) is 0 Å². The van der Waals surface area contributed by atoms with Crippen LogP contribution in [0.2, 0.25) is 0 Å². The minimum Gasteiger partial charge on any atom is -0.389 e. The lowest BCUT2D eigenvalue weighted by molar-refractivity contribution is 1.13. The monoisotopic (exact) mass is 284 g/mol. The highest BCUT2D eigenvalue weighted by Crippen LogP contribution is 2.28. The first-order chi connectivity index (χ1) is 9.52. The highest BCUT2D eigenvalue weighted by molar-refractivity contribution is 7.80. The summed E-state index contributed by atoms with van der Waals surface area (Å²) in [6.45, 7) is 4.20. The molecule has 2 N–H and O–H groups in total. The van der Waals surface area contributed by atoms with Gasteiger partial charge in [0.25, 0.3) is 0 Å². The van der Waals surface area contributed by atoms with Crippen molar-refractivity contribution < 1.29 is 0 Å². The van der Waals surface area contributed by atoms with Gasteiger partial charge < -0.3 is 10.6 Å². The number of anilines is 2. The quantitative estimate of drug-likeness (QED) is 0.862. The summed E-state index contributed by atoms with van der Waals surface area (Å²) >= 11 is 5.17. The van der Waals surface area contributed by atoms with Gasteiger partial charge >= 0.3 is 0 Å². The Balaban J connectivity index is 2.41. The summed E-state index contributed by atoms with van der Waals surface area (Å²) in [6.07, 6.45) is 1.05. The Morgan fingerprint density at radius 3 is 2.35 bits per heavy atom. The number of benzene rings is 2. The fourth-order valence-electron chi connectivity index (χ4n) is 2.23. The number of hydrogen-bond donors (Lipinski definition) is 1. The molecule has 0 aliphatic carbocycles. The van der Waals surface area contributed by atoms with Crippen molar-refractivity contribution in [1.29, 1.82) is 0 Å². The summed E-state index contributed by atoms with van der Waals surface area (Å²) < 4.78 is 0. The van der Waals surface area contributed by atoms with Gasteiger partial charge in [0.15, 0.2) is 0 Å². The van der Waals surface area contributed by atoms with Crippen LogP contribution in [0.25, 0.3) is 0 Å². The molecule has 0 spiro atoms. The second-order valence-electron chi connectivity index (χ2n) is 4.96. The summed E-state index contributed by atoms with van der Waals surface area (Å²) in [5.41, 5.74) is 11.4. The first kappa shape index (κ1) is 14.5. The van der Waals surface area contributed by atoms with E-state index < -0.39 is 0 Å². The van der Waals surface area contributed by atoms with Gasteiger partial charge in [-0.25, -0.2) is 0 Å². The van der Waals surface area contributed by atoms with Crippen molar-refractivity contribution in [2.45, 2.75) is 20.3 Å². The van der Waals surface area contributed by atoms with E-state index in [0.29, 0.717) is 4.99 Å². The molecule has 20 heavy (non-hydrogen) atoms. The van der Waals surface area contributed by atoms with Gasteiger partial charge in [-0.2, -0.15) is 0 Å². The lowest BCUT2D eigenvalue weighted by atomic mass is 10.1. The summed E-state index contributed by atoms with van der Waals surface area (Å²) in [4.78, 5) is 2.55. The van der Waals surface area contributed by atoms with Gasteiger partial charge in [0.05, 0.1) is 5.69 Å². The molecule has 0 radical (unpaired) electrons. The Hall–Kier alpha value is -1.87. The van der Waals surface area contributed by atoms with Crippen molar-refractivity contribution >= 4 is 28.6 Å². The zero-order valence-corrected chi connectivity index (χ0v) is 13.0. The molecule has 0 unspecified atom stereocenters. The van der Waals surface area contributed by atoms with Crippen LogP contribution in [0.5, 0.6) is 0 Å². The SMILES string of the molecule is CCc1ccc(N(C)c2ccc(C)cc2C(N)=S)cc1. The fourth-order valence-corrected chi connectivity index (χ4v) is 2.40. The average Bonchev–Trinajstić information content (AvgIpc) is 2.46. The smallest absolute Gasteiger partial charge is 0.106 e. The zero-order chi connectivity index (χ0) is 14.7. The number of nitrogens with zero attached hydrogens (tertiary/aromatic N) is 1. The molecular weight excluding hydrogens is 264 g/mol. The molecule has 0 saturated carbocycles. The van der Waals surface area contributed by atoms with Gasteiger partial charge in [-0.3, -0.25) is 0 Å². The summed E-state index contributed by atoms with van der Waals surface area (Å²) in [5.74, 6) is 0. The van der Waals surface area contributed by atoms with Gasteiger partial charge in [0.1, 0.15) is 4.99 Å². The van der Waals surface area contributed by atoms with Crippen molar-refractivity contribution in [3.8, 4) is 0 Å². The predicted octanol–water partition coefficient (Wildman–Crippen LogP) is 3.96. The number of hydrogen-bond acceptors (Lipinski definition) is 2. The van der Waals surface area contributed by atoms with Crippen LogP contribution in [0.15, 0.2) is 42.5 Å². The van der Waals surface area contributed by atoms with Crippen LogP contribution in [-0.4, -0.2) is 12.0 Å². The van der Waals surface area contributed by atoms with Crippen molar-refractivity contribution in [2.24, 2.45) is 5.73 Å². The van der Waals surface area contributed by atoms with Gasteiger partial charge in [-0.1, -0.05) is 42.9 Å². The fraction of sp³-hybridized carbons (Fsp3) is 0.235. The Bertz CT molecular complexity index is 617. The Morgan fingerprint density at radius 2 is 1.80 bits per heavy atom. The van der Waals surface area contributed by atoms with Crippen molar-refractivity contribution in [1.82, 2.24) is 0 Å². The molecule has 104 valence electrons. The van der Waals surface area contributed by atoms with Crippen molar-refractivity contribution in [3.05, 3.63) is 59.2 Å². The first-order valence-electron chi connectivity index (χ1n) is 6.76. The standard InChI is InChI=1S/C17H20N2S/c1-4-13-6-8-14(9-7-13)19(3)16-10-5-12(2)11-15(16)17(18)20/h5-11H,4H2,1-3H3,(H2,18,20). The maximum Gasteiger partial charge on any atom is 0.106 e. The van der Waals surface area contributed by atoms with E-state index in [4.69, 9.17) is 18.0 Å². The van der Waals surface area contributed by atoms with E-state index in [9.17, 15) is 0 Å². The molecule has 2 aromatic carbocycles. The van der Waals surface area contributed by atoms with E-state index in [1.807, 2.05) is 20.0 Å². The van der Waals surface area contributed by atoms with Crippen LogP contribution in [0.3, 0.4) is 0 Å². The van der Waals surface area contributed by atoms with Crippen LogP contribution >= 0.6 is 12.2 Å². The summed E-state index contributed by atoms with van der Waals surface area (Å²) in [7, 11) is 2.04. The van der Waals surface area contributed by atoms with Crippen LogP contribution in [0, 0.1) is 6.92 Å². The van der Waals surface area contributed by atoms with E-state index in [1.54, 1.807) is 0 Å². The van der Waals surface area contributed by atoms with E-state index >= 15 is 0 Å². The molecule has 0 aliphatic heterocycles. The maximum atomic E-state index is 5.85. The Labute approximate surface area is 126 Å². The maximum absolute atomic E-state index is 5.85. The van der Waals surface area contributed by atoms with Gasteiger partial charge in [-0.05, 0) is 43.2 Å². The molecule has 0 amide bonds. The lowest BCUT2D eigenvalue weighted by Gasteiger charge is -2.23. The molecule has 0 aromatic heterocycles. The minimum atomic E-state index is 0.431. The second-order valence-corrected chi connectivity index (χ2v) is 5.40. The molecule has 2 nitrogen and oxygen atoms in total. The largest absolute Gasteiger partial charge is 0.389 e. The Morgan fingerprint density at radius 1 is 1.15 bits per heavy atom. The third-order valence-electron chi connectivity index (χ3n) is 3.51. The number of aryl methyl sites for hydroxylation is 2. The van der Waals surface area contributed by atoms with Gasteiger partial charge in [0.2, 0.25) is 0 Å². The predicted molar refractivity (Wildman–Crippen MR) is 90.9 cm³/mol. The number of nitrogens with two attached hydrogens (primary N) is 1. The van der Waals surface area contributed by atoms with E-state index in [1.165, 1.54) is 5.56 Å². The van der Waals surface area contributed by atoms with Crippen molar-refractivity contribution in [2.75, 3.05) is 11.9 Å². The topological polar surface area (TPSA) is 29.3 Å². The minimum absolute atomic E-state index is 0.431. The number of rotatable bonds is 4. The average molecular weight is 284 g/mol. The third-order valence-corrected chi connectivity index (χ3v) is 3.73. The molecular formula is C17H20N2S. The highest BCUT2D eigenvalue weighted by atomic mass is 32.1. The van der Waals surface area contributed by atoms with Crippen LogP contribution in [0.1, 0.15) is 23.6 Å². The first-order valence-corrected chi connectivity index (χ1v) is 7.17. The van der Waals surface area contributed by atoms with Gasteiger partial charge in [0, 0.05) is 18.3 Å². The molecule has 2 aromatic rings. The molecule has 0 fully saturated rings. The molecule has 3 heteroatoms. The summed E-state index contributed by atoms with van der Waals surface area (Å²) in [6, 6.07) is 14.7. The van der Waals surface area contributed by atoms with Crippen LogP contribution in [-0.2, 0) is 6.42 Å². The highest BCUT2D eigenvalue weighted by Gasteiger charge is 2.11. The van der Waals surface area contributed by atoms with E-state index in [2.05, 4.69) is 48.2 Å². The molecule has 0 atom stereocenters. The molecule has 0 aliphatic rings. The molecule has 0 bridgehead atoms. The Kier molecular flexibility index (Phi) is 4.40. The zero-order valence-electron chi connectivity index (χ0n) is 12.2. The van der Waals surface area contributed by atoms with Crippen molar-refractivity contribution in [3.63, 3.8) is 0 Å².